The Morgan fingerprint density at radius 2 is 1.88 bits per heavy atom. The first-order chi connectivity index (χ1) is 7.48. The molecule has 0 aliphatic heterocycles. The molecule has 0 aliphatic rings. The zero-order chi connectivity index (χ0) is 11.5. The molecule has 0 unspecified atom stereocenters. The van der Waals surface area contributed by atoms with Gasteiger partial charge in [0.1, 0.15) is 0 Å². The minimum absolute atomic E-state index is 1.39. The van der Waals surface area contributed by atoms with Crippen LogP contribution in [0, 0.1) is 0 Å². The molecule has 16 heavy (non-hydrogen) atoms. The Balaban J connectivity index is 2.41. The van der Waals surface area contributed by atoms with E-state index in [1.807, 2.05) is 22.7 Å². The van der Waals surface area contributed by atoms with Crippen LogP contribution >= 0.6 is 22.7 Å². The summed E-state index contributed by atoms with van der Waals surface area (Å²) >= 11 is 2.03. The predicted molar refractivity (Wildman–Crippen MR) is 79.2 cm³/mol. The van der Waals surface area contributed by atoms with Crippen LogP contribution in [0.5, 0.6) is 0 Å². The molecule has 0 saturated carbocycles. The van der Waals surface area contributed by atoms with Crippen molar-refractivity contribution in [3.8, 4) is 0 Å². The summed E-state index contributed by atoms with van der Waals surface area (Å²) in [6, 6.07) is 4.68. The molecule has 0 amide bonds. The molecular weight excluding hydrogens is 341 g/mol. The predicted octanol–water partition coefficient (Wildman–Crippen LogP) is 4.00. The molecular formula is C12H15NS2Sn. The van der Waals surface area contributed by atoms with E-state index in [4.69, 9.17) is 0 Å². The van der Waals surface area contributed by atoms with Gasteiger partial charge in [-0.3, -0.25) is 0 Å². The van der Waals surface area contributed by atoms with Gasteiger partial charge in [-0.15, -0.1) is 0 Å². The maximum absolute atomic E-state index is 2.49. The molecule has 1 nitrogen and oxygen atoms in total. The molecule has 0 radical (unpaired) electrons. The number of hydrogen-bond donors (Lipinski definition) is 0. The van der Waals surface area contributed by atoms with E-state index < -0.39 is 18.4 Å². The second-order valence-corrected chi connectivity index (χ2v) is 22.7. The van der Waals surface area contributed by atoms with Crippen molar-refractivity contribution in [2.24, 2.45) is 7.05 Å². The van der Waals surface area contributed by atoms with E-state index in [2.05, 4.69) is 43.9 Å². The Morgan fingerprint density at radius 1 is 1.12 bits per heavy atom. The van der Waals surface area contributed by atoms with Gasteiger partial charge < -0.3 is 0 Å². The molecule has 0 bridgehead atoms. The van der Waals surface area contributed by atoms with Crippen molar-refractivity contribution < 1.29 is 0 Å². The summed E-state index contributed by atoms with van der Waals surface area (Å²) in [6.45, 7) is 0. The van der Waals surface area contributed by atoms with Crippen molar-refractivity contribution in [1.29, 1.82) is 0 Å². The normalized spacial score (nSPS) is 13.0. The van der Waals surface area contributed by atoms with Crippen molar-refractivity contribution in [3.63, 3.8) is 0 Å². The van der Waals surface area contributed by atoms with Crippen LogP contribution in [-0.2, 0) is 7.05 Å². The number of nitrogens with zero attached hydrogens (tertiary/aromatic N) is 1. The number of hydrogen-bond acceptors (Lipinski definition) is 2. The number of fused-ring (bicyclic) bond motifs is 3. The summed E-state index contributed by atoms with van der Waals surface area (Å²) < 4.78 is 7.02. The third-order valence-electron chi connectivity index (χ3n) is 3.03. The van der Waals surface area contributed by atoms with Gasteiger partial charge in [-0.2, -0.15) is 0 Å². The molecule has 0 saturated heterocycles. The summed E-state index contributed by atoms with van der Waals surface area (Å²) in [6.07, 6.45) is 0. The molecule has 0 fully saturated rings. The van der Waals surface area contributed by atoms with E-state index in [1.54, 1.807) is 2.89 Å². The average Bonchev–Trinajstić information content (AvgIpc) is 2.83. The van der Waals surface area contributed by atoms with Crippen LogP contribution in [-0.4, -0.2) is 22.9 Å². The van der Waals surface area contributed by atoms with Gasteiger partial charge in [-0.1, -0.05) is 0 Å². The fourth-order valence-electron chi connectivity index (χ4n) is 2.03. The molecule has 3 rings (SSSR count). The Morgan fingerprint density at radius 3 is 2.56 bits per heavy atom. The number of thiophene rings is 2. The monoisotopic (exact) mass is 357 g/mol. The van der Waals surface area contributed by atoms with Gasteiger partial charge in [0, 0.05) is 0 Å². The van der Waals surface area contributed by atoms with E-state index in [0.717, 1.165) is 0 Å². The standard InChI is InChI=1S/C9H6NS2.3CH3.Sn/c1-10-6-2-4-11-8(6)9-7(10)3-5-12-9;;;;/h2-4H,1H3;3*1H3;. The average molecular weight is 356 g/mol. The number of aryl methyl sites for hydroxylation is 1. The zero-order valence-corrected chi connectivity index (χ0v) is 14.5. The third-order valence-corrected chi connectivity index (χ3v) is 14.6. The molecule has 3 aromatic heterocycles. The molecule has 4 heteroatoms. The van der Waals surface area contributed by atoms with Crippen molar-refractivity contribution >= 4 is 64.4 Å². The van der Waals surface area contributed by atoms with E-state index in [-0.39, 0.29) is 0 Å². The van der Waals surface area contributed by atoms with Crippen LogP contribution in [0.2, 0.25) is 14.8 Å². The third kappa shape index (κ3) is 1.48. The second kappa shape index (κ2) is 3.50. The summed E-state index contributed by atoms with van der Waals surface area (Å²) in [4.78, 5) is 7.47. The fraction of sp³-hybridized carbons (Fsp3) is 0.333. The van der Waals surface area contributed by atoms with Gasteiger partial charge in [-0.25, -0.2) is 0 Å². The minimum atomic E-state index is -1.89. The number of rotatable bonds is 1. The first-order valence-corrected chi connectivity index (χ1v) is 17.1. The summed E-state index contributed by atoms with van der Waals surface area (Å²) in [5.41, 5.74) is 2.83. The van der Waals surface area contributed by atoms with Crippen LogP contribution in [0.15, 0.2) is 17.5 Å². The second-order valence-electron chi connectivity index (χ2n) is 5.27. The molecule has 3 heterocycles. The van der Waals surface area contributed by atoms with Crippen LogP contribution in [0.1, 0.15) is 0 Å². The summed E-state index contributed by atoms with van der Waals surface area (Å²) in [5, 5.41) is 2.20. The van der Waals surface area contributed by atoms with Crippen LogP contribution in [0.4, 0.5) is 0 Å². The van der Waals surface area contributed by atoms with E-state index >= 15 is 0 Å². The van der Waals surface area contributed by atoms with Crippen molar-refractivity contribution in [1.82, 2.24) is 4.57 Å². The Labute approximate surface area is 108 Å². The van der Waals surface area contributed by atoms with Gasteiger partial charge in [0.2, 0.25) is 0 Å². The van der Waals surface area contributed by atoms with Crippen LogP contribution in [0.25, 0.3) is 20.4 Å². The van der Waals surface area contributed by atoms with E-state index in [1.165, 1.54) is 20.4 Å². The topological polar surface area (TPSA) is 4.93 Å². The Kier molecular flexibility index (Phi) is 2.43. The maximum atomic E-state index is 2.49. The molecule has 0 aliphatic carbocycles. The Bertz CT molecular complexity index is 666. The van der Waals surface area contributed by atoms with Crippen molar-refractivity contribution in [2.75, 3.05) is 0 Å². The van der Waals surface area contributed by atoms with Crippen molar-refractivity contribution in [2.45, 2.75) is 14.8 Å². The summed E-state index contributed by atoms with van der Waals surface area (Å²) in [7, 11) is 2.19. The SMILES string of the molecule is Cn1c2ccsc2c2s[c]([Sn]([CH3])([CH3])[CH3])cc21. The molecule has 3 aromatic rings. The first-order valence-electron chi connectivity index (χ1n) is 5.44. The molecule has 0 spiro atoms. The quantitative estimate of drug-likeness (QED) is 0.581. The zero-order valence-electron chi connectivity index (χ0n) is 10.00. The molecule has 0 N–H and O–H groups in total. The van der Waals surface area contributed by atoms with Gasteiger partial charge >= 0.3 is 108 Å². The van der Waals surface area contributed by atoms with Crippen LogP contribution in [0.3, 0.4) is 0 Å². The molecule has 84 valence electrons. The van der Waals surface area contributed by atoms with Gasteiger partial charge in [0.15, 0.2) is 0 Å². The molecule has 0 aromatic carbocycles. The Hall–Kier alpha value is -0.00130. The first kappa shape index (κ1) is 11.1. The van der Waals surface area contributed by atoms with E-state index in [0.29, 0.717) is 0 Å². The molecule has 0 atom stereocenters. The number of aromatic nitrogens is 1. The van der Waals surface area contributed by atoms with E-state index in [9.17, 15) is 0 Å². The summed E-state index contributed by atoms with van der Waals surface area (Å²) in [5.74, 6) is 0. The van der Waals surface area contributed by atoms with Crippen molar-refractivity contribution in [3.05, 3.63) is 17.5 Å². The van der Waals surface area contributed by atoms with Crippen LogP contribution < -0.4 is 2.89 Å². The van der Waals surface area contributed by atoms with Gasteiger partial charge in [0.05, 0.1) is 0 Å². The van der Waals surface area contributed by atoms with Gasteiger partial charge in [-0.05, 0) is 0 Å². The van der Waals surface area contributed by atoms with Gasteiger partial charge in [0.25, 0.3) is 0 Å². The fourth-order valence-corrected chi connectivity index (χ4v) is 9.48.